The highest BCUT2D eigenvalue weighted by atomic mass is 35.5. The van der Waals surface area contributed by atoms with Crippen LogP contribution >= 0.6 is 22.9 Å². The summed E-state index contributed by atoms with van der Waals surface area (Å²) in [6, 6.07) is 11.0. The maximum Gasteiger partial charge on any atom is 0.471 e. The Hall–Kier alpha value is -2.16. The van der Waals surface area contributed by atoms with E-state index in [0.717, 1.165) is 37.6 Å². The number of hydrogen-bond donors (Lipinski definition) is 0. The molecule has 0 amide bonds. The number of ether oxygens (including phenoxy) is 1. The first-order valence-corrected chi connectivity index (χ1v) is 9.78. The normalized spacial score (nSPS) is 15.1. The van der Waals surface area contributed by atoms with E-state index in [2.05, 4.69) is 15.9 Å². The van der Waals surface area contributed by atoms with Crippen LogP contribution < -0.4 is 9.64 Å². The van der Waals surface area contributed by atoms with Crippen molar-refractivity contribution in [2.45, 2.75) is 6.42 Å². The molecule has 1 aromatic carbocycles. The van der Waals surface area contributed by atoms with Crippen molar-refractivity contribution in [2.24, 2.45) is 0 Å². The average Bonchev–Trinajstić information content (AvgIpc) is 3.17. The quantitative estimate of drug-likeness (QED) is 0.392. The molecule has 9 heteroatoms. The summed E-state index contributed by atoms with van der Waals surface area (Å²) in [5, 5.41) is 12.6. The third kappa shape index (κ3) is 4.97. The number of anilines is 1. The smallest absolute Gasteiger partial charge is 0.471 e. The molecule has 1 aromatic heterocycles. The van der Waals surface area contributed by atoms with E-state index in [1.165, 1.54) is 6.07 Å². The average molecular weight is 413 g/mol. The third-order valence-electron chi connectivity index (χ3n) is 4.53. The lowest BCUT2D eigenvalue weighted by atomic mass is 10.2. The Kier molecular flexibility index (Phi) is 7.58. The van der Waals surface area contributed by atoms with Crippen molar-refractivity contribution in [3.05, 3.63) is 51.9 Å². The highest BCUT2D eigenvalue weighted by Crippen LogP contribution is 2.34. The van der Waals surface area contributed by atoms with Gasteiger partial charge in [-0.1, -0.05) is 12.1 Å². The Morgan fingerprint density at radius 3 is 2.56 bits per heavy atom. The van der Waals surface area contributed by atoms with Crippen LogP contribution in [0.15, 0.2) is 41.8 Å². The third-order valence-corrected chi connectivity index (χ3v) is 6.39. The maximum atomic E-state index is 12.3. The lowest BCUT2D eigenvalue weighted by molar-refractivity contribution is -0.380. The standard InChI is InChI=1S/C18H22N3O4S.ClH/c1-25-16-6-3-2-5-15(16)20-12-10-19(11-13-20)9-8-18(22)26-14-4-7-17(26)21(23)24;/h2-7,14H,8-13H2,1H3;1H/q+1;. The number of nitrogens with zero attached hydrogens (tertiary/aromatic N) is 3. The fourth-order valence-electron chi connectivity index (χ4n) is 3.14. The van der Waals surface area contributed by atoms with E-state index in [-0.39, 0.29) is 22.5 Å². The van der Waals surface area contributed by atoms with Crippen LogP contribution in [0.5, 0.6) is 5.75 Å². The van der Waals surface area contributed by atoms with Crippen molar-refractivity contribution in [1.82, 2.24) is 4.90 Å². The summed E-state index contributed by atoms with van der Waals surface area (Å²) < 4.78 is 5.42. The van der Waals surface area contributed by atoms with E-state index >= 15 is 0 Å². The number of hydrogen-bond acceptors (Lipinski definition) is 6. The fraction of sp³-hybridized carbons (Fsp3) is 0.389. The molecule has 1 aliphatic rings. The van der Waals surface area contributed by atoms with Gasteiger partial charge in [0.25, 0.3) is 0 Å². The number of para-hydroxylation sites is 2. The number of halogens is 1. The molecular weight excluding hydrogens is 390 g/mol. The molecule has 0 spiro atoms. The lowest BCUT2D eigenvalue weighted by Crippen LogP contribution is -2.46. The molecule has 1 aliphatic heterocycles. The van der Waals surface area contributed by atoms with Crippen LogP contribution in [-0.4, -0.2) is 54.8 Å². The van der Waals surface area contributed by atoms with Gasteiger partial charge in [0.1, 0.15) is 21.1 Å². The van der Waals surface area contributed by atoms with Crippen molar-refractivity contribution in [1.29, 1.82) is 0 Å². The number of methoxy groups -OCH3 is 1. The van der Waals surface area contributed by atoms with Crippen molar-refractivity contribution in [3.8, 4) is 5.75 Å². The molecule has 0 aliphatic carbocycles. The Bertz CT molecular complexity index is 790. The van der Waals surface area contributed by atoms with Gasteiger partial charge in [-0.05, 0) is 12.1 Å². The second-order valence-corrected chi connectivity index (χ2v) is 7.87. The van der Waals surface area contributed by atoms with Gasteiger partial charge in [-0.2, -0.15) is 0 Å². The summed E-state index contributed by atoms with van der Waals surface area (Å²) in [4.78, 5) is 27.4. The van der Waals surface area contributed by atoms with Crippen molar-refractivity contribution in [2.75, 3.05) is 44.7 Å². The Morgan fingerprint density at radius 2 is 1.89 bits per heavy atom. The summed E-state index contributed by atoms with van der Waals surface area (Å²) in [7, 11) is 0.677. The molecule has 0 N–H and O–H groups in total. The molecule has 1 atom stereocenters. The van der Waals surface area contributed by atoms with Gasteiger partial charge in [-0.3, -0.25) is 15.0 Å². The van der Waals surface area contributed by atoms with E-state index in [0.29, 0.717) is 13.0 Å². The Labute approximate surface area is 167 Å². The minimum atomic E-state index is -0.996. The second-order valence-electron chi connectivity index (χ2n) is 6.05. The second kappa shape index (κ2) is 9.68. The summed E-state index contributed by atoms with van der Waals surface area (Å²) in [6.07, 6.45) is 0.341. The van der Waals surface area contributed by atoms with Crippen LogP contribution in [0.25, 0.3) is 0 Å². The van der Waals surface area contributed by atoms with E-state index in [1.807, 2.05) is 18.2 Å². The topological polar surface area (TPSA) is 75.9 Å². The Balaban J connectivity index is 0.00000261. The van der Waals surface area contributed by atoms with E-state index in [9.17, 15) is 14.9 Å². The van der Waals surface area contributed by atoms with Crippen molar-refractivity contribution in [3.63, 3.8) is 0 Å². The Morgan fingerprint density at radius 1 is 1.19 bits per heavy atom. The molecule has 1 unspecified atom stereocenters. The van der Waals surface area contributed by atoms with Gasteiger partial charge in [0, 0.05) is 38.8 Å². The van der Waals surface area contributed by atoms with Crippen LogP contribution in [0.3, 0.4) is 0 Å². The number of carbonyl (C=O) groups excluding carboxylic acids is 1. The molecule has 2 aromatic rings. The van der Waals surface area contributed by atoms with Gasteiger partial charge in [0.2, 0.25) is 0 Å². The molecule has 0 radical (unpaired) electrons. The summed E-state index contributed by atoms with van der Waals surface area (Å²) in [5.41, 5.74) is 1.09. The van der Waals surface area contributed by atoms with Gasteiger partial charge in [0.15, 0.2) is 5.38 Å². The molecule has 2 heterocycles. The summed E-state index contributed by atoms with van der Waals surface area (Å²) in [5.74, 6) is 0.865. The number of benzene rings is 1. The van der Waals surface area contributed by atoms with Gasteiger partial charge >= 0.3 is 10.1 Å². The molecule has 7 nitrogen and oxygen atoms in total. The van der Waals surface area contributed by atoms with Crippen LogP contribution in [0.1, 0.15) is 11.2 Å². The summed E-state index contributed by atoms with van der Waals surface area (Å²) >= 11 is 0. The molecule has 1 fully saturated rings. The molecule has 27 heavy (non-hydrogen) atoms. The number of carbonyl (C=O) groups is 1. The molecule has 1 saturated heterocycles. The van der Waals surface area contributed by atoms with Gasteiger partial charge < -0.3 is 9.64 Å². The van der Waals surface area contributed by atoms with Crippen LogP contribution in [0, 0.1) is 10.1 Å². The molecule has 3 rings (SSSR count). The van der Waals surface area contributed by atoms with E-state index < -0.39 is 15.4 Å². The predicted octanol–water partition coefficient (Wildman–Crippen LogP) is 3.63. The number of nitro groups is 1. The minimum absolute atomic E-state index is 0. The first kappa shape index (κ1) is 21.1. The molecular formula is C18H23ClN3O4S+. The van der Waals surface area contributed by atoms with Gasteiger partial charge in [-0.25, -0.2) is 4.79 Å². The van der Waals surface area contributed by atoms with Gasteiger partial charge in [0.05, 0.1) is 25.3 Å². The summed E-state index contributed by atoms with van der Waals surface area (Å²) in [6.45, 7) is 4.07. The van der Waals surface area contributed by atoms with E-state index in [4.69, 9.17) is 4.74 Å². The largest absolute Gasteiger partial charge is 0.495 e. The number of thiophene rings is 1. The van der Waals surface area contributed by atoms with Crippen molar-refractivity contribution >= 4 is 38.7 Å². The predicted molar refractivity (Wildman–Crippen MR) is 110 cm³/mol. The number of piperazine rings is 1. The highest BCUT2D eigenvalue weighted by Gasteiger charge is 2.31. The van der Waals surface area contributed by atoms with Gasteiger partial charge in [-0.15, -0.1) is 12.4 Å². The first-order valence-electron chi connectivity index (χ1n) is 8.49. The monoisotopic (exact) mass is 412 g/mol. The van der Waals surface area contributed by atoms with Crippen molar-refractivity contribution < 1.29 is 14.5 Å². The zero-order chi connectivity index (χ0) is 18.5. The maximum absolute atomic E-state index is 12.3. The van der Waals surface area contributed by atoms with Crippen LogP contribution in [0.4, 0.5) is 10.7 Å². The van der Waals surface area contributed by atoms with Crippen LogP contribution in [-0.2, 0) is 0 Å². The highest BCUT2D eigenvalue weighted by molar-refractivity contribution is 7.52. The molecule has 146 valence electrons. The first-order chi connectivity index (χ1) is 12.6. The zero-order valence-electron chi connectivity index (χ0n) is 15.1. The zero-order valence-corrected chi connectivity index (χ0v) is 16.7. The minimum Gasteiger partial charge on any atom is -0.495 e. The SMILES string of the molecule is COc1ccccc1N1CCN(CCC(=O)[s+]2cccc2[N+](=O)[O-])CC1.Cl. The van der Waals surface area contributed by atoms with Crippen LogP contribution in [0.2, 0.25) is 0 Å². The lowest BCUT2D eigenvalue weighted by Gasteiger charge is -2.36. The van der Waals surface area contributed by atoms with E-state index in [1.54, 1.807) is 18.6 Å². The fourth-order valence-corrected chi connectivity index (χ4v) is 4.60. The molecule has 0 bridgehead atoms. The molecule has 0 saturated carbocycles. The number of rotatable bonds is 7.